The van der Waals surface area contributed by atoms with Crippen LogP contribution in [-0.2, 0) is 12.2 Å². The third kappa shape index (κ3) is 4.25. The minimum Gasteiger partial charge on any atom is -0.493 e. The first-order chi connectivity index (χ1) is 9.19. The molecule has 0 spiro atoms. The molecule has 102 valence electrons. The van der Waals surface area contributed by atoms with Gasteiger partial charge in [-0.3, -0.25) is 0 Å². The number of hydrogen-bond donors (Lipinski definition) is 1. The normalized spacial score (nSPS) is 10.9. The molecule has 0 fully saturated rings. The van der Waals surface area contributed by atoms with E-state index in [1.165, 1.54) is 5.56 Å². The van der Waals surface area contributed by atoms with Gasteiger partial charge in [-0.2, -0.15) is 12.6 Å². The van der Waals surface area contributed by atoms with Gasteiger partial charge in [0.1, 0.15) is 5.75 Å². The Balaban J connectivity index is 1.86. The SMILES string of the molecule is CC(C)c1cccc(OCCc2nc(CS)cs2)c1. The van der Waals surface area contributed by atoms with Gasteiger partial charge in [0.2, 0.25) is 0 Å². The lowest BCUT2D eigenvalue weighted by molar-refractivity contribution is 0.321. The zero-order chi connectivity index (χ0) is 13.7. The van der Waals surface area contributed by atoms with Gasteiger partial charge >= 0.3 is 0 Å². The van der Waals surface area contributed by atoms with Crippen LogP contribution in [0.1, 0.15) is 36.0 Å². The fourth-order valence-corrected chi connectivity index (χ4v) is 2.82. The maximum absolute atomic E-state index is 5.79. The van der Waals surface area contributed by atoms with Crippen molar-refractivity contribution < 1.29 is 4.74 Å². The van der Waals surface area contributed by atoms with E-state index >= 15 is 0 Å². The summed E-state index contributed by atoms with van der Waals surface area (Å²) in [5.41, 5.74) is 2.36. The minimum absolute atomic E-state index is 0.528. The van der Waals surface area contributed by atoms with E-state index in [1.807, 2.05) is 12.1 Å². The maximum Gasteiger partial charge on any atom is 0.119 e. The Morgan fingerprint density at radius 1 is 1.37 bits per heavy atom. The molecule has 2 aromatic rings. The van der Waals surface area contributed by atoms with Crippen molar-refractivity contribution in [2.75, 3.05) is 6.61 Å². The van der Waals surface area contributed by atoms with Crippen LogP contribution in [0.25, 0.3) is 0 Å². The van der Waals surface area contributed by atoms with Crippen LogP contribution in [0.5, 0.6) is 5.75 Å². The van der Waals surface area contributed by atoms with Crippen LogP contribution in [0.3, 0.4) is 0 Å². The topological polar surface area (TPSA) is 22.1 Å². The summed E-state index contributed by atoms with van der Waals surface area (Å²) < 4.78 is 5.79. The number of thiol groups is 1. The highest BCUT2D eigenvalue weighted by molar-refractivity contribution is 7.79. The Bertz CT molecular complexity index is 522. The van der Waals surface area contributed by atoms with Gasteiger partial charge in [0.15, 0.2) is 0 Å². The summed E-state index contributed by atoms with van der Waals surface area (Å²) in [4.78, 5) is 4.47. The fourth-order valence-electron chi connectivity index (χ4n) is 1.76. The van der Waals surface area contributed by atoms with E-state index in [-0.39, 0.29) is 0 Å². The van der Waals surface area contributed by atoms with Gasteiger partial charge in [0.25, 0.3) is 0 Å². The number of rotatable bonds is 6. The van der Waals surface area contributed by atoms with Crippen molar-refractivity contribution in [2.45, 2.75) is 31.9 Å². The van der Waals surface area contributed by atoms with E-state index in [0.29, 0.717) is 18.3 Å². The molecule has 0 amide bonds. The quantitative estimate of drug-likeness (QED) is 0.801. The molecule has 0 aliphatic rings. The average molecular weight is 293 g/mol. The summed E-state index contributed by atoms with van der Waals surface area (Å²) in [5.74, 6) is 2.17. The van der Waals surface area contributed by atoms with E-state index in [0.717, 1.165) is 22.9 Å². The van der Waals surface area contributed by atoms with E-state index in [9.17, 15) is 0 Å². The lowest BCUT2D eigenvalue weighted by Crippen LogP contribution is -2.01. The highest BCUT2D eigenvalue weighted by Gasteiger charge is 2.03. The Hall–Kier alpha value is -1.00. The molecule has 0 aliphatic heterocycles. The number of hydrogen-bond acceptors (Lipinski definition) is 4. The zero-order valence-corrected chi connectivity index (χ0v) is 13.0. The van der Waals surface area contributed by atoms with Crippen LogP contribution in [0.15, 0.2) is 29.6 Å². The molecule has 2 rings (SSSR count). The first kappa shape index (κ1) is 14.4. The average Bonchev–Trinajstić information content (AvgIpc) is 2.87. The molecule has 1 aromatic carbocycles. The molecule has 1 aromatic heterocycles. The zero-order valence-electron chi connectivity index (χ0n) is 11.3. The van der Waals surface area contributed by atoms with Crippen LogP contribution in [0.2, 0.25) is 0 Å². The van der Waals surface area contributed by atoms with Crippen LogP contribution < -0.4 is 4.74 Å². The predicted molar refractivity (Wildman–Crippen MR) is 84.5 cm³/mol. The van der Waals surface area contributed by atoms with Gasteiger partial charge in [0, 0.05) is 17.6 Å². The van der Waals surface area contributed by atoms with Crippen molar-refractivity contribution in [3.05, 3.63) is 45.9 Å². The molecule has 1 heterocycles. The summed E-state index contributed by atoms with van der Waals surface area (Å²) in [6.07, 6.45) is 0.852. The highest BCUT2D eigenvalue weighted by Crippen LogP contribution is 2.20. The Morgan fingerprint density at radius 2 is 2.21 bits per heavy atom. The number of thiazole rings is 1. The van der Waals surface area contributed by atoms with Crippen molar-refractivity contribution in [1.29, 1.82) is 0 Å². The van der Waals surface area contributed by atoms with Crippen molar-refractivity contribution in [1.82, 2.24) is 4.98 Å². The van der Waals surface area contributed by atoms with Gasteiger partial charge in [-0.15, -0.1) is 11.3 Å². The van der Waals surface area contributed by atoms with Gasteiger partial charge in [-0.25, -0.2) is 4.98 Å². The van der Waals surface area contributed by atoms with Gasteiger partial charge in [-0.1, -0.05) is 26.0 Å². The van der Waals surface area contributed by atoms with E-state index in [2.05, 4.69) is 49.0 Å². The molecule has 0 bridgehead atoms. The smallest absolute Gasteiger partial charge is 0.119 e. The van der Waals surface area contributed by atoms with Gasteiger partial charge in [-0.05, 0) is 23.6 Å². The second kappa shape index (κ2) is 6.96. The summed E-state index contributed by atoms with van der Waals surface area (Å²) >= 11 is 5.89. The molecule has 0 unspecified atom stereocenters. The number of nitrogens with zero attached hydrogens (tertiary/aromatic N) is 1. The molecule has 2 nitrogen and oxygen atoms in total. The molecule has 0 atom stereocenters. The maximum atomic E-state index is 5.79. The monoisotopic (exact) mass is 293 g/mol. The molecular formula is C15H19NOS2. The van der Waals surface area contributed by atoms with Crippen molar-refractivity contribution in [2.24, 2.45) is 0 Å². The minimum atomic E-state index is 0.528. The molecule has 0 N–H and O–H groups in total. The van der Waals surface area contributed by atoms with Crippen molar-refractivity contribution in [3.8, 4) is 5.75 Å². The summed E-state index contributed by atoms with van der Waals surface area (Å²) in [6.45, 7) is 5.04. The second-order valence-electron chi connectivity index (χ2n) is 4.72. The highest BCUT2D eigenvalue weighted by atomic mass is 32.1. The van der Waals surface area contributed by atoms with Gasteiger partial charge in [0.05, 0.1) is 17.3 Å². The molecule has 4 heteroatoms. The molecule has 19 heavy (non-hydrogen) atoms. The van der Waals surface area contributed by atoms with Crippen molar-refractivity contribution >= 4 is 24.0 Å². The number of ether oxygens (including phenoxy) is 1. The molecule has 0 radical (unpaired) electrons. The van der Waals surface area contributed by atoms with Crippen LogP contribution in [0.4, 0.5) is 0 Å². The fraction of sp³-hybridized carbons (Fsp3) is 0.400. The summed E-state index contributed by atoms with van der Waals surface area (Å²) in [6, 6.07) is 8.31. The number of benzene rings is 1. The number of aromatic nitrogens is 1. The summed E-state index contributed by atoms with van der Waals surface area (Å²) in [7, 11) is 0. The van der Waals surface area contributed by atoms with Crippen LogP contribution in [0, 0.1) is 0 Å². The lowest BCUT2D eigenvalue weighted by atomic mass is 10.0. The standard InChI is InChI=1S/C15H19NOS2/c1-11(2)12-4-3-5-14(8-12)17-7-6-15-16-13(9-18)10-19-15/h3-5,8,10-11,18H,6-7,9H2,1-2H3. The lowest BCUT2D eigenvalue weighted by Gasteiger charge is -2.09. The Kier molecular flexibility index (Phi) is 5.28. The molecular weight excluding hydrogens is 274 g/mol. The van der Waals surface area contributed by atoms with Crippen LogP contribution >= 0.6 is 24.0 Å². The molecule has 0 saturated heterocycles. The Morgan fingerprint density at radius 3 is 2.89 bits per heavy atom. The van der Waals surface area contributed by atoms with E-state index in [4.69, 9.17) is 4.74 Å². The van der Waals surface area contributed by atoms with Crippen molar-refractivity contribution in [3.63, 3.8) is 0 Å². The molecule has 0 aliphatic carbocycles. The van der Waals surface area contributed by atoms with E-state index < -0.39 is 0 Å². The van der Waals surface area contributed by atoms with Crippen LogP contribution in [-0.4, -0.2) is 11.6 Å². The largest absolute Gasteiger partial charge is 0.493 e. The third-order valence-electron chi connectivity index (χ3n) is 2.87. The Labute approximate surface area is 124 Å². The van der Waals surface area contributed by atoms with Gasteiger partial charge < -0.3 is 4.74 Å². The molecule has 0 saturated carbocycles. The second-order valence-corrected chi connectivity index (χ2v) is 5.98. The first-order valence-corrected chi connectivity index (χ1v) is 7.97. The summed E-state index contributed by atoms with van der Waals surface area (Å²) in [5, 5.41) is 3.17. The van der Waals surface area contributed by atoms with E-state index in [1.54, 1.807) is 11.3 Å². The third-order valence-corrected chi connectivity index (χ3v) is 4.15. The predicted octanol–water partition coefficient (Wildman–Crippen LogP) is 4.32. The first-order valence-electron chi connectivity index (χ1n) is 6.46.